The van der Waals surface area contributed by atoms with Crippen LogP contribution in [0.3, 0.4) is 0 Å². The van der Waals surface area contributed by atoms with Gasteiger partial charge in [0.2, 0.25) is 0 Å². The highest BCUT2D eigenvalue weighted by molar-refractivity contribution is 6.31. The first-order valence-electron chi connectivity index (χ1n) is 41.3. The van der Waals surface area contributed by atoms with E-state index in [1.54, 1.807) is 36.9 Å². The van der Waals surface area contributed by atoms with Crippen LogP contribution >= 0.6 is 11.6 Å². The summed E-state index contributed by atoms with van der Waals surface area (Å²) in [5, 5.41) is 104. The van der Waals surface area contributed by atoms with Crippen LogP contribution in [0.25, 0.3) is 44.1 Å². The van der Waals surface area contributed by atoms with Crippen molar-refractivity contribution in [1.29, 1.82) is 0 Å². The maximum atomic E-state index is 14.7. The fourth-order valence-corrected chi connectivity index (χ4v) is 18.5. The first-order chi connectivity index (χ1) is 58.6. The second-order valence-electron chi connectivity index (χ2n) is 32.5. The Balaban J connectivity index is 0.000000115. The summed E-state index contributed by atoms with van der Waals surface area (Å²) in [4.78, 5) is 17.9. The fourth-order valence-electron chi connectivity index (χ4n) is 18.3. The Morgan fingerprint density at radius 1 is 0.413 bits per heavy atom. The zero-order valence-corrected chi connectivity index (χ0v) is 68.6. The predicted octanol–water partition coefficient (Wildman–Crippen LogP) is 9.26. The molecule has 4 fully saturated rings. The molecule has 17 unspecified atom stereocenters. The third-order valence-electron chi connectivity index (χ3n) is 24.8. The van der Waals surface area contributed by atoms with Gasteiger partial charge in [-0.2, -0.15) is 0 Å². The molecular weight excluding hydrogens is 1580 g/mol. The quantitative estimate of drug-likeness (QED) is 0.0511. The maximum Gasteiger partial charge on any atom is 0.168 e. The Bertz CT molecular complexity index is 5580. The van der Waals surface area contributed by atoms with Gasteiger partial charge in [0.25, 0.3) is 0 Å². The number of pyridine rings is 4. The number of aryl methyl sites for hydroxylation is 4. The van der Waals surface area contributed by atoms with Crippen LogP contribution in [0.5, 0.6) is 46.0 Å². The van der Waals surface area contributed by atoms with Gasteiger partial charge in [0.1, 0.15) is 161 Å². The molecule has 0 amide bonds. The Hall–Kier alpha value is -10.3. The minimum absolute atomic E-state index is 0.0720. The number of halogens is 3. The van der Waals surface area contributed by atoms with E-state index in [9.17, 15) is 49.6 Å². The molecule has 0 saturated heterocycles. The molecule has 0 spiro atoms. The first kappa shape index (κ1) is 83.0. The lowest BCUT2D eigenvalue weighted by Gasteiger charge is -2.25. The normalized spacial score (nSPS) is 26.7. The minimum atomic E-state index is -1.11. The predicted molar refractivity (Wildman–Crippen MR) is 447 cm³/mol. The number of benzene rings is 4. The van der Waals surface area contributed by atoms with Crippen LogP contribution < -0.4 is 59.2 Å². The van der Waals surface area contributed by atoms with Crippen LogP contribution in [-0.2, 0) is 32.6 Å². The Morgan fingerprint density at radius 2 is 0.793 bits per heavy atom. The summed E-state index contributed by atoms with van der Waals surface area (Å²) in [6.07, 6.45) is 6.25. The van der Waals surface area contributed by atoms with Crippen LogP contribution in [0.2, 0.25) is 5.02 Å². The molecule has 4 saturated carbocycles. The van der Waals surface area contributed by atoms with Gasteiger partial charge in [-0.05, 0) is 143 Å². The van der Waals surface area contributed by atoms with Crippen LogP contribution in [0.1, 0.15) is 107 Å². The number of ether oxygens (including phenoxy) is 8. The zero-order valence-electron chi connectivity index (χ0n) is 67.8. The van der Waals surface area contributed by atoms with Crippen molar-refractivity contribution in [3.05, 3.63) is 213 Å². The highest BCUT2D eigenvalue weighted by Gasteiger charge is 2.49. The van der Waals surface area contributed by atoms with E-state index in [0.29, 0.717) is 135 Å². The lowest BCUT2D eigenvalue weighted by molar-refractivity contribution is -0.0167. The Morgan fingerprint density at radius 3 is 1.23 bits per heavy atom. The first-order valence-corrected chi connectivity index (χ1v) is 41.6. The molecule has 12 N–H and O–H groups in total. The molecular formula is C90H101ClF2N12O16. The summed E-state index contributed by atoms with van der Waals surface area (Å²) in [5.74, 6) is 3.25. The molecule has 8 aliphatic rings. The molecule has 638 valence electrons. The van der Waals surface area contributed by atoms with E-state index in [4.69, 9.17) is 49.5 Å². The summed E-state index contributed by atoms with van der Waals surface area (Å²) in [6, 6.07) is 27.7. The van der Waals surface area contributed by atoms with E-state index >= 15 is 0 Å². The molecule has 12 heterocycles. The average molecular weight is 1680 g/mol. The number of rotatable bonds is 13. The van der Waals surface area contributed by atoms with Gasteiger partial charge in [-0.3, -0.25) is 0 Å². The molecule has 12 aromatic rings. The number of methoxy groups -OCH3 is 1. The fraction of sp³-hybridized carbons (Fsp3) is 0.422. The molecule has 4 aliphatic heterocycles. The zero-order chi connectivity index (χ0) is 84.2. The topological polar surface area (TPSA) is 355 Å². The second kappa shape index (κ2) is 35.3. The van der Waals surface area contributed by atoms with Gasteiger partial charge >= 0.3 is 0 Å². The van der Waals surface area contributed by atoms with Crippen LogP contribution in [0.15, 0.2) is 147 Å². The number of fused-ring (bicyclic) bond motifs is 8. The molecule has 0 radical (unpaired) electrons. The molecule has 17 atom stereocenters. The molecule has 0 bridgehead atoms. The number of aromatic nitrogens is 8. The third kappa shape index (κ3) is 16.4. The van der Waals surface area contributed by atoms with Crippen LogP contribution in [-0.4, -0.2) is 205 Å². The van der Waals surface area contributed by atoms with E-state index in [1.807, 2.05) is 144 Å². The van der Waals surface area contributed by atoms with Crippen LogP contribution in [0.4, 0.5) is 8.78 Å². The largest absolute Gasteiger partial charge is 0.494 e. The van der Waals surface area contributed by atoms with Crippen molar-refractivity contribution in [2.75, 3.05) is 46.5 Å². The van der Waals surface area contributed by atoms with E-state index < -0.39 is 85.1 Å². The van der Waals surface area contributed by atoms with Crippen molar-refractivity contribution in [2.45, 2.75) is 196 Å². The van der Waals surface area contributed by atoms with Gasteiger partial charge in [0.05, 0.1) is 42.4 Å². The summed E-state index contributed by atoms with van der Waals surface area (Å²) in [7, 11) is 1.42. The highest BCUT2D eigenvalue weighted by Crippen LogP contribution is 2.46. The van der Waals surface area contributed by atoms with Crippen molar-refractivity contribution >= 4 is 55.7 Å². The molecule has 20 rings (SSSR count). The lowest BCUT2D eigenvalue weighted by atomic mass is 9.98. The standard InChI is InChI=1S/C23H26FN3O4.C23H27N3O4.C22H24ClN3O4.C22H24FN3O4/c1-12-3-7-26-23-13(12)5-8-27(23)16-9-19(22(29)21(16)28)31-17-10-18(30-2)20(24)14-4-6-25-11-15(14)17;1-13-6-8-25-23-15(13)7-9-26(23)17-10-20(22(28)21(17)27)30-19-5-3-4-18-16(19)12-24-11-14(2)29-18;2*1-12-2-4-25-22-14(12)3-6-26(22)16-10-19(21(28)20(16)27)30-18-9-13(23)8-17-15(18)11-24-5-7-29-17/h3,5,7-8,10,16,19,21-22,25,28-29H,4,6,9,11H2,1-2H3;3-9,14,17,20-22,24,27-28H,10-12H2,1-2H3;2*2-4,6,8-9,16,19-21,24,27-28H,5,7,10-11H2,1H3. The van der Waals surface area contributed by atoms with Crippen molar-refractivity contribution in [3.8, 4) is 46.0 Å². The minimum Gasteiger partial charge on any atom is -0.494 e. The number of aliphatic hydroxyl groups is 8. The monoisotopic (exact) mass is 1680 g/mol. The second-order valence-corrected chi connectivity index (χ2v) is 32.9. The highest BCUT2D eigenvalue weighted by atomic mass is 35.5. The molecule has 31 heteroatoms. The van der Waals surface area contributed by atoms with Crippen LogP contribution in [0, 0.1) is 39.3 Å². The van der Waals surface area contributed by atoms with E-state index in [1.165, 1.54) is 25.3 Å². The van der Waals surface area contributed by atoms with Gasteiger partial charge < -0.3 is 118 Å². The smallest absolute Gasteiger partial charge is 0.168 e. The number of nitrogens with one attached hydrogen (secondary N) is 4. The van der Waals surface area contributed by atoms with Crippen molar-refractivity contribution < 1.29 is 87.5 Å². The number of nitrogens with zero attached hydrogens (tertiary/aromatic N) is 8. The van der Waals surface area contributed by atoms with Gasteiger partial charge in [-0.25, -0.2) is 28.7 Å². The number of hydrogen-bond donors (Lipinski definition) is 12. The summed E-state index contributed by atoms with van der Waals surface area (Å²) in [5.41, 5.74) is 11.4. The summed E-state index contributed by atoms with van der Waals surface area (Å²) >= 11 is 6.27. The van der Waals surface area contributed by atoms with E-state index in [-0.39, 0.29) is 35.8 Å². The van der Waals surface area contributed by atoms with Gasteiger partial charge in [0.15, 0.2) is 11.6 Å². The molecule has 4 aromatic carbocycles. The van der Waals surface area contributed by atoms with Gasteiger partial charge in [0, 0.05) is 183 Å². The SMILES string of the molecule is COc1cc(OC2CC(n3ccc4c(C)ccnc43)C(O)C2O)c2c(c1F)CCNC2.Cc1ccnc2c1ccn2C1CC(Oc2cc(Cl)cc3c2CNCCO3)C(O)C1O.Cc1ccnc2c1ccn2C1CC(Oc2cc(F)cc3c2CNCCO3)C(O)C1O.Cc1ccnc2c1ccn2C1CC(Oc2cccc3c2CNCC(C)O3)C(O)C1O. The summed E-state index contributed by atoms with van der Waals surface area (Å²) in [6.45, 7) is 16.1. The van der Waals surface area contributed by atoms with E-state index in [0.717, 1.165) is 102 Å². The summed E-state index contributed by atoms with van der Waals surface area (Å²) < 4.78 is 83.8. The number of aliphatic hydroxyl groups excluding tert-OH is 8. The Kier molecular flexibility index (Phi) is 24.2. The number of hydrogen-bond acceptors (Lipinski definition) is 24. The maximum absolute atomic E-state index is 14.7. The lowest BCUT2D eigenvalue weighted by Crippen LogP contribution is -2.35. The average Bonchev–Trinajstić information content (AvgIpc) is 1.66. The molecule has 8 aromatic heterocycles. The van der Waals surface area contributed by atoms with Gasteiger partial charge in [-0.15, -0.1) is 0 Å². The van der Waals surface area contributed by atoms with E-state index in [2.05, 4.69) is 41.2 Å². The molecule has 28 nitrogen and oxygen atoms in total. The molecule has 4 aliphatic carbocycles. The van der Waals surface area contributed by atoms with Gasteiger partial charge in [-0.1, -0.05) is 17.7 Å². The van der Waals surface area contributed by atoms with Crippen molar-refractivity contribution in [2.24, 2.45) is 0 Å². The van der Waals surface area contributed by atoms with Crippen molar-refractivity contribution in [3.63, 3.8) is 0 Å². The molecule has 121 heavy (non-hydrogen) atoms. The Labute approximate surface area is 701 Å². The van der Waals surface area contributed by atoms with Crippen molar-refractivity contribution in [1.82, 2.24) is 59.5 Å². The third-order valence-corrected chi connectivity index (χ3v) is 25.1.